The number of hydrogen-bond donors (Lipinski definition) is 1. The number of halogens is 2. The molecule has 6 heteroatoms. The maximum absolute atomic E-state index is 6.19. The zero-order valence-corrected chi connectivity index (χ0v) is 13.3. The lowest BCUT2D eigenvalue weighted by molar-refractivity contribution is 0.252. The standard InChI is InChI=1S/C14H14Cl2N2OS/c1-8-7-20-13(18-8)6-17-12-2-3-19-14-10(12)4-9(15)5-11(14)16/h4-5,7,12,17H,2-3,6H2,1H3. The molecule has 1 aliphatic heterocycles. The lowest BCUT2D eigenvalue weighted by Crippen LogP contribution is -2.27. The van der Waals surface area contributed by atoms with E-state index in [2.05, 4.69) is 15.7 Å². The zero-order valence-electron chi connectivity index (χ0n) is 11.0. The number of aromatic nitrogens is 1. The molecule has 2 heterocycles. The van der Waals surface area contributed by atoms with E-state index in [9.17, 15) is 0 Å². The van der Waals surface area contributed by atoms with Gasteiger partial charge < -0.3 is 10.1 Å². The number of nitrogens with one attached hydrogen (secondary N) is 1. The molecule has 0 spiro atoms. The van der Waals surface area contributed by atoms with E-state index in [-0.39, 0.29) is 6.04 Å². The molecule has 1 aliphatic rings. The third-order valence-corrected chi connectivity index (χ3v) is 4.70. The molecule has 3 rings (SSSR count). The van der Waals surface area contributed by atoms with Gasteiger partial charge in [0.2, 0.25) is 0 Å². The Labute approximate surface area is 131 Å². The smallest absolute Gasteiger partial charge is 0.142 e. The van der Waals surface area contributed by atoms with Crippen LogP contribution in [0.15, 0.2) is 17.5 Å². The normalized spacial score (nSPS) is 17.6. The average Bonchev–Trinajstić information content (AvgIpc) is 2.82. The van der Waals surface area contributed by atoms with Crippen molar-refractivity contribution in [2.45, 2.75) is 25.9 Å². The third-order valence-electron chi connectivity index (χ3n) is 3.23. The fourth-order valence-electron chi connectivity index (χ4n) is 2.33. The van der Waals surface area contributed by atoms with Crippen molar-refractivity contribution in [1.29, 1.82) is 0 Å². The van der Waals surface area contributed by atoms with Crippen LogP contribution < -0.4 is 10.1 Å². The summed E-state index contributed by atoms with van der Waals surface area (Å²) in [5.74, 6) is 0.745. The van der Waals surface area contributed by atoms with Gasteiger partial charge in [-0.15, -0.1) is 11.3 Å². The summed E-state index contributed by atoms with van der Waals surface area (Å²) in [6, 6.07) is 3.83. The third kappa shape index (κ3) is 2.93. The number of rotatable bonds is 3. The minimum absolute atomic E-state index is 0.194. The Morgan fingerprint density at radius 2 is 2.30 bits per heavy atom. The van der Waals surface area contributed by atoms with Gasteiger partial charge in [-0.3, -0.25) is 0 Å². The van der Waals surface area contributed by atoms with Crippen LogP contribution in [-0.4, -0.2) is 11.6 Å². The minimum Gasteiger partial charge on any atom is -0.492 e. The summed E-state index contributed by atoms with van der Waals surface area (Å²) in [6.07, 6.45) is 0.897. The molecule has 0 saturated heterocycles. The first-order valence-electron chi connectivity index (χ1n) is 6.39. The summed E-state index contributed by atoms with van der Waals surface area (Å²) >= 11 is 13.9. The van der Waals surface area contributed by atoms with E-state index in [1.54, 1.807) is 17.4 Å². The maximum atomic E-state index is 6.19. The molecule has 0 radical (unpaired) electrons. The van der Waals surface area contributed by atoms with E-state index in [0.29, 0.717) is 16.7 Å². The quantitative estimate of drug-likeness (QED) is 0.908. The number of ether oxygens (including phenoxy) is 1. The fourth-order valence-corrected chi connectivity index (χ4v) is 3.62. The van der Waals surface area contributed by atoms with Gasteiger partial charge in [0.25, 0.3) is 0 Å². The van der Waals surface area contributed by atoms with Crippen molar-refractivity contribution in [2.75, 3.05) is 6.61 Å². The Balaban J connectivity index is 1.79. The molecule has 3 nitrogen and oxygen atoms in total. The van der Waals surface area contributed by atoms with Crippen LogP contribution in [0.5, 0.6) is 5.75 Å². The highest BCUT2D eigenvalue weighted by Gasteiger charge is 2.24. The van der Waals surface area contributed by atoms with Crippen LogP contribution in [0.1, 0.15) is 28.7 Å². The number of benzene rings is 1. The van der Waals surface area contributed by atoms with Crippen LogP contribution in [0.25, 0.3) is 0 Å². The highest BCUT2D eigenvalue weighted by Crippen LogP contribution is 2.40. The average molecular weight is 329 g/mol. The first kappa shape index (κ1) is 14.1. The predicted molar refractivity (Wildman–Crippen MR) is 83.0 cm³/mol. The number of fused-ring (bicyclic) bond motifs is 1. The van der Waals surface area contributed by atoms with E-state index in [1.807, 2.05) is 13.0 Å². The monoisotopic (exact) mass is 328 g/mol. The van der Waals surface area contributed by atoms with Crippen LogP contribution in [0.2, 0.25) is 10.0 Å². The lowest BCUT2D eigenvalue weighted by atomic mass is 10.0. The summed E-state index contributed by atoms with van der Waals surface area (Å²) < 4.78 is 5.65. The van der Waals surface area contributed by atoms with E-state index < -0.39 is 0 Å². The molecule has 0 fully saturated rings. The molecule has 1 atom stereocenters. The molecular formula is C14H14Cl2N2OS. The topological polar surface area (TPSA) is 34.1 Å². The van der Waals surface area contributed by atoms with Crippen molar-refractivity contribution in [3.8, 4) is 5.75 Å². The summed E-state index contributed by atoms with van der Waals surface area (Å²) in [7, 11) is 0. The largest absolute Gasteiger partial charge is 0.492 e. The van der Waals surface area contributed by atoms with Crippen LogP contribution in [0, 0.1) is 6.92 Å². The van der Waals surface area contributed by atoms with Crippen LogP contribution in [0.3, 0.4) is 0 Å². The molecular weight excluding hydrogens is 315 g/mol. The van der Waals surface area contributed by atoms with Crippen molar-refractivity contribution < 1.29 is 4.74 Å². The van der Waals surface area contributed by atoms with Crippen molar-refractivity contribution in [3.05, 3.63) is 43.8 Å². The second kappa shape index (κ2) is 5.90. The molecule has 0 aliphatic carbocycles. The molecule has 20 heavy (non-hydrogen) atoms. The Hall–Kier alpha value is -0.810. The van der Waals surface area contributed by atoms with Crippen molar-refractivity contribution in [3.63, 3.8) is 0 Å². The van der Waals surface area contributed by atoms with Gasteiger partial charge in [0.1, 0.15) is 10.8 Å². The van der Waals surface area contributed by atoms with Gasteiger partial charge in [-0.25, -0.2) is 4.98 Å². The molecule has 106 valence electrons. The van der Waals surface area contributed by atoms with E-state index in [0.717, 1.165) is 35.0 Å². The van der Waals surface area contributed by atoms with Gasteiger partial charge in [-0.2, -0.15) is 0 Å². The Bertz CT molecular complexity index is 630. The molecule has 2 aromatic rings. The lowest BCUT2D eigenvalue weighted by Gasteiger charge is -2.27. The fraction of sp³-hybridized carbons (Fsp3) is 0.357. The van der Waals surface area contributed by atoms with Crippen molar-refractivity contribution in [2.24, 2.45) is 0 Å². The molecule has 1 N–H and O–H groups in total. The highest BCUT2D eigenvalue weighted by molar-refractivity contribution is 7.09. The molecule has 1 aromatic heterocycles. The minimum atomic E-state index is 0.194. The number of thiazole rings is 1. The Morgan fingerprint density at radius 1 is 1.45 bits per heavy atom. The summed E-state index contributed by atoms with van der Waals surface area (Å²) in [5.41, 5.74) is 2.09. The van der Waals surface area contributed by atoms with E-state index in [1.165, 1.54) is 0 Å². The molecule has 1 aromatic carbocycles. The van der Waals surface area contributed by atoms with Crippen molar-refractivity contribution >= 4 is 34.5 Å². The molecule has 0 amide bonds. The van der Waals surface area contributed by atoms with Gasteiger partial charge in [-0.1, -0.05) is 23.2 Å². The van der Waals surface area contributed by atoms with Gasteiger partial charge >= 0.3 is 0 Å². The first-order chi connectivity index (χ1) is 9.63. The maximum Gasteiger partial charge on any atom is 0.142 e. The highest BCUT2D eigenvalue weighted by atomic mass is 35.5. The van der Waals surface area contributed by atoms with Crippen LogP contribution >= 0.6 is 34.5 Å². The van der Waals surface area contributed by atoms with Crippen LogP contribution in [-0.2, 0) is 6.54 Å². The van der Waals surface area contributed by atoms with Gasteiger partial charge in [0.05, 0.1) is 11.6 Å². The molecule has 1 unspecified atom stereocenters. The van der Waals surface area contributed by atoms with E-state index in [4.69, 9.17) is 27.9 Å². The zero-order chi connectivity index (χ0) is 14.1. The van der Waals surface area contributed by atoms with Crippen LogP contribution in [0.4, 0.5) is 0 Å². The van der Waals surface area contributed by atoms with Gasteiger partial charge in [0, 0.05) is 40.7 Å². The summed E-state index contributed by atoms with van der Waals surface area (Å²) in [5, 5.41) is 7.87. The van der Waals surface area contributed by atoms with Crippen molar-refractivity contribution in [1.82, 2.24) is 10.3 Å². The second-order valence-electron chi connectivity index (χ2n) is 4.76. The number of aryl methyl sites for hydroxylation is 1. The van der Waals surface area contributed by atoms with E-state index >= 15 is 0 Å². The summed E-state index contributed by atoms with van der Waals surface area (Å²) in [6.45, 7) is 3.40. The number of hydrogen-bond acceptors (Lipinski definition) is 4. The SMILES string of the molecule is Cc1csc(CNC2CCOc3c(Cl)cc(Cl)cc32)n1. The number of nitrogens with zero attached hydrogens (tertiary/aromatic N) is 1. The first-order valence-corrected chi connectivity index (χ1v) is 8.03. The summed E-state index contributed by atoms with van der Waals surface area (Å²) in [4.78, 5) is 4.46. The molecule has 0 bridgehead atoms. The predicted octanol–water partition coefficient (Wildman–Crippen LogP) is 4.37. The molecule has 0 saturated carbocycles. The Kier molecular flexibility index (Phi) is 4.17. The van der Waals surface area contributed by atoms with Gasteiger partial charge in [0.15, 0.2) is 0 Å². The van der Waals surface area contributed by atoms with Gasteiger partial charge in [-0.05, 0) is 19.1 Å². The Morgan fingerprint density at radius 3 is 3.05 bits per heavy atom. The second-order valence-corrected chi connectivity index (χ2v) is 6.55.